The Morgan fingerprint density at radius 1 is 1.09 bits per heavy atom. The van der Waals surface area contributed by atoms with Crippen molar-refractivity contribution in [3.05, 3.63) is 59.7 Å². The monoisotopic (exact) mass is 449 g/mol. The van der Waals surface area contributed by atoms with E-state index >= 15 is 0 Å². The summed E-state index contributed by atoms with van der Waals surface area (Å²) in [6.45, 7) is 5.86. The van der Waals surface area contributed by atoms with Crippen molar-refractivity contribution in [3.63, 3.8) is 0 Å². The van der Waals surface area contributed by atoms with Gasteiger partial charge < -0.3 is 19.4 Å². The Kier molecular flexibility index (Phi) is 7.33. The molecule has 2 heterocycles. The van der Waals surface area contributed by atoms with Crippen molar-refractivity contribution in [1.29, 1.82) is 0 Å². The highest BCUT2D eigenvalue weighted by atomic mass is 16.5. The van der Waals surface area contributed by atoms with Gasteiger partial charge in [0.25, 0.3) is 0 Å². The topological polar surface area (TPSA) is 53.1 Å². The Labute approximate surface area is 197 Å². The summed E-state index contributed by atoms with van der Waals surface area (Å²) >= 11 is 0. The molecule has 2 aliphatic rings. The number of hydrogen-bond acceptors (Lipinski definition) is 4. The van der Waals surface area contributed by atoms with Gasteiger partial charge in [0.05, 0.1) is 19.1 Å². The molecule has 6 nitrogen and oxygen atoms in total. The molecule has 4 rings (SSSR count). The number of likely N-dealkylation sites (tertiary alicyclic amines) is 1. The maximum atomic E-state index is 13.8. The number of methoxy groups -OCH3 is 1. The van der Waals surface area contributed by atoms with E-state index in [-0.39, 0.29) is 17.7 Å². The van der Waals surface area contributed by atoms with Crippen molar-refractivity contribution < 1.29 is 14.3 Å². The number of aryl methyl sites for hydroxylation is 1. The predicted octanol–water partition coefficient (Wildman–Crippen LogP) is 4.04. The normalized spacial score (nSPS) is 21.3. The van der Waals surface area contributed by atoms with Gasteiger partial charge >= 0.3 is 0 Å². The molecule has 33 heavy (non-hydrogen) atoms. The Bertz CT molecular complexity index is 969. The number of piperidine rings is 1. The van der Waals surface area contributed by atoms with Crippen LogP contribution in [0.25, 0.3) is 0 Å². The zero-order valence-corrected chi connectivity index (χ0v) is 20.0. The fourth-order valence-corrected chi connectivity index (χ4v) is 5.12. The minimum Gasteiger partial charge on any atom is -0.496 e. The van der Waals surface area contributed by atoms with E-state index in [2.05, 4.69) is 4.90 Å². The third-order valence-electron chi connectivity index (χ3n) is 7.01. The van der Waals surface area contributed by atoms with Crippen molar-refractivity contribution in [2.75, 3.05) is 45.2 Å². The molecular formula is C27H35N3O3. The zero-order valence-electron chi connectivity index (χ0n) is 20.0. The third kappa shape index (κ3) is 5.06. The van der Waals surface area contributed by atoms with Gasteiger partial charge in [0.2, 0.25) is 11.8 Å². The number of hydrogen-bond donors (Lipinski definition) is 0. The van der Waals surface area contributed by atoms with Gasteiger partial charge in [-0.2, -0.15) is 0 Å². The van der Waals surface area contributed by atoms with Crippen LogP contribution in [-0.4, -0.2) is 62.0 Å². The maximum Gasteiger partial charge on any atom is 0.227 e. The molecule has 2 saturated heterocycles. The van der Waals surface area contributed by atoms with Crippen molar-refractivity contribution in [1.82, 2.24) is 9.80 Å². The molecule has 0 aromatic heterocycles. The molecule has 2 amide bonds. The van der Waals surface area contributed by atoms with Crippen LogP contribution in [0.1, 0.15) is 42.9 Å². The average molecular weight is 450 g/mol. The van der Waals surface area contributed by atoms with E-state index in [0.717, 1.165) is 36.4 Å². The summed E-state index contributed by atoms with van der Waals surface area (Å²) in [6.07, 6.45) is 3.38. The fraction of sp³-hybridized carbons (Fsp3) is 0.481. The number of nitrogens with zero attached hydrogens (tertiary/aromatic N) is 3. The summed E-state index contributed by atoms with van der Waals surface area (Å²) in [4.78, 5) is 33.1. The van der Waals surface area contributed by atoms with E-state index in [1.54, 1.807) is 7.11 Å². The SMILES string of the molecule is COc1ccccc1C1C(C(=O)N(C)CCN2CCCC2)CCC(=O)N1c1ccc(C)cc1. The Morgan fingerprint density at radius 2 is 1.79 bits per heavy atom. The van der Waals surface area contributed by atoms with Gasteiger partial charge in [0.15, 0.2) is 0 Å². The molecule has 2 aliphatic heterocycles. The summed E-state index contributed by atoms with van der Waals surface area (Å²) < 4.78 is 5.67. The van der Waals surface area contributed by atoms with Crippen LogP contribution in [0.4, 0.5) is 5.69 Å². The number of benzene rings is 2. The summed E-state index contributed by atoms with van der Waals surface area (Å²) in [5.74, 6) is 0.504. The second-order valence-corrected chi connectivity index (χ2v) is 9.24. The van der Waals surface area contributed by atoms with Gasteiger partial charge in [-0.15, -0.1) is 0 Å². The van der Waals surface area contributed by atoms with Gasteiger partial charge in [-0.3, -0.25) is 9.59 Å². The summed E-state index contributed by atoms with van der Waals surface area (Å²) in [5, 5.41) is 0. The smallest absolute Gasteiger partial charge is 0.227 e. The summed E-state index contributed by atoms with van der Waals surface area (Å²) in [7, 11) is 3.53. The van der Waals surface area contributed by atoms with Crippen LogP contribution in [0, 0.1) is 12.8 Å². The lowest BCUT2D eigenvalue weighted by Gasteiger charge is -2.42. The second-order valence-electron chi connectivity index (χ2n) is 9.24. The molecule has 2 unspecified atom stereocenters. The van der Waals surface area contributed by atoms with E-state index in [0.29, 0.717) is 25.1 Å². The van der Waals surface area contributed by atoms with Crippen molar-refractivity contribution in [3.8, 4) is 5.75 Å². The van der Waals surface area contributed by atoms with Crippen LogP contribution in [0.15, 0.2) is 48.5 Å². The predicted molar refractivity (Wildman–Crippen MR) is 130 cm³/mol. The largest absolute Gasteiger partial charge is 0.496 e. The second kappa shape index (κ2) is 10.4. The minimum atomic E-state index is -0.410. The molecule has 2 aromatic carbocycles. The number of carbonyl (C=O) groups is 2. The van der Waals surface area contributed by atoms with Gasteiger partial charge in [-0.1, -0.05) is 35.9 Å². The van der Waals surface area contributed by atoms with E-state index in [1.165, 1.54) is 12.8 Å². The van der Waals surface area contributed by atoms with Gasteiger partial charge in [-0.25, -0.2) is 0 Å². The first kappa shape index (κ1) is 23.3. The fourth-order valence-electron chi connectivity index (χ4n) is 5.12. The first-order valence-corrected chi connectivity index (χ1v) is 12.0. The lowest BCUT2D eigenvalue weighted by Crippen LogP contribution is -2.49. The summed E-state index contributed by atoms with van der Waals surface area (Å²) in [6, 6.07) is 15.3. The first-order valence-electron chi connectivity index (χ1n) is 12.0. The summed E-state index contributed by atoms with van der Waals surface area (Å²) in [5.41, 5.74) is 2.82. The Hall–Kier alpha value is -2.86. The lowest BCUT2D eigenvalue weighted by molar-refractivity contribution is -0.137. The molecular weight excluding hydrogens is 414 g/mol. The van der Waals surface area contributed by atoms with Crippen LogP contribution in [0.5, 0.6) is 5.75 Å². The minimum absolute atomic E-state index is 0.0403. The zero-order chi connectivity index (χ0) is 23.4. The Balaban J connectivity index is 1.67. The molecule has 2 atom stereocenters. The van der Waals surface area contributed by atoms with Crippen molar-refractivity contribution in [2.24, 2.45) is 5.92 Å². The molecule has 0 N–H and O–H groups in total. The number of rotatable bonds is 7. The molecule has 6 heteroatoms. The van der Waals surface area contributed by atoms with Crippen LogP contribution in [-0.2, 0) is 9.59 Å². The number of anilines is 1. The number of likely N-dealkylation sites (N-methyl/N-ethyl adjacent to an activating group) is 1. The van der Waals surface area contributed by atoms with Gasteiger partial charge in [0.1, 0.15) is 5.75 Å². The van der Waals surface area contributed by atoms with Crippen molar-refractivity contribution >= 4 is 17.5 Å². The quantitative estimate of drug-likeness (QED) is 0.640. The van der Waals surface area contributed by atoms with Gasteiger partial charge in [-0.05, 0) is 57.5 Å². The van der Waals surface area contributed by atoms with Crippen LogP contribution in [0.2, 0.25) is 0 Å². The lowest BCUT2D eigenvalue weighted by atomic mass is 9.82. The molecule has 0 bridgehead atoms. The third-order valence-corrected chi connectivity index (χ3v) is 7.01. The highest BCUT2D eigenvalue weighted by molar-refractivity contribution is 5.97. The molecule has 2 aromatic rings. The number of amides is 2. The van der Waals surface area contributed by atoms with Crippen molar-refractivity contribution in [2.45, 2.75) is 38.6 Å². The molecule has 0 radical (unpaired) electrons. The number of para-hydroxylation sites is 1. The van der Waals surface area contributed by atoms with Crippen LogP contribution in [0.3, 0.4) is 0 Å². The van der Waals surface area contributed by atoms with Gasteiger partial charge in [0, 0.05) is 37.8 Å². The standard InChI is InChI=1S/C27H35N3O3/c1-20-10-12-21(13-11-20)30-25(31)15-14-23(26(30)22-8-4-5-9-24(22)33-3)27(32)28(2)18-19-29-16-6-7-17-29/h4-5,8-13,23,26H,6-7,14-19H2,1-3H3. The van der Waals surface area contributed by atoms with E-state index < -0.39 is 6.04 Å². The molecule has 0 spiro atoms. The maximum absolute atomic E-state index is 13.8. The molecule has 2 fully saturated rings. The molecule has 176 valence electrons. The molecule has 0 saturated carbocycles. The van der Waals surface area contributed by atoms with Crippen LogP contribution < -0.4 is 9.64 Å². The molecule has 0 aliphatic carbocycles. The number of carbonyl (C=O) groups excluding carboxylic acids is 2. The van der Waals surface area contributed by atoms with E-state index in [4.69, 9.17) is 4.74 Å². The average Bonchev–Trinajstić information content (AvgIpc) is 3.36. The van der Waals surface area contributed by atoms with E-state index in [1.807, 2.05) is 72.3 Å². The van der Waals surface area contributed by atoms with Crippen LogP contribution >= 0.6 is 0 Å². The highest BCUT2D eigenvalue weighted by Crippen LogP contribution is 2.43. The highest BCUT2D eigenvalue weighted by Gasteiger charge is 2.43. The first-order chi connectivity index (χ1) is 16.0. The van der Waals surface area contributed by atoms with E-state index in [9.17, 15) is 9.59 Å². The number of ether oxygens (including phenoxy) is 1. The Morgan fingerprint density at radius 3 is 2.48 bits per heavy atom.